The Labute approximate surface area is 191 Å². The lowest BCUT2D eigenvalue weighted by Crippen LogP contribution is -2.52. The van der Waals surface area contributed by atoms with Gasteiger partial charge in [-0.2, -0.15) is 18.3 Å². The van der Waals surface area contributed by atoms with Crippen LogP contribution in [0.15, 0.2) is 41.8 Å². The smallest absolute Gasteiger partial charge is 0.370 e. The number of ether oxygens (including phenoxy) is 1. The summed E-state index contributed by atoms with van der Waals surface area (Å²) in [5.41, 5.74) is 1.23. The minimum Gasteiger partial charge on any atom is -0.370 e. The summed E-state index contributed by atoms with van der Waals surface area (Å²) in [5.74, 6) is -1.98. The highest BCUT2D eigenvalue weighted by atomic mass is 19.4. The van der Waals surface area contributed by atoms with E-state index in [0.717, 1.165) is 17.4 Å². The van der Waals surface area contributed by atoms with E-state index in [1.54, 1.807) is 11.8 Å². The molecule has 9 nitrogen and oxygen atoms in total. The molecular weight excluding hydrogens is 460 g/mol. The zero-order valence-electron chi connectivity index (χ0n) is 17.9. The van der Waals surface area contributed by atoms with Crippen LogP contribution in [0.4, 0.5) is 22.4 Å². The first kappa shape index (κ1) is 23.5. The van der Waals surface area contributed by atoms with E-state index in [9.17, 15) is 27.2 Å². The molecule has 2 aromatic rings. The summed E-state index contributed by atoms with van der Waals surface area (Å²) in [5, 5.41) is 8.15. The van der Waals surface area contributed by atoms with Crippen LogP contribution in [0.2, 0.25) is 0 Å². The van der Waals surface area contributed by atoms with E-state index in [1.807, 2.05) is 0 Å². The molecule has 3 amide bonds. The number of carbonyl (C=O) groups is 2. The number of rotatable bonds is 4. The second-order valence-electron chi connectivity index (χ2n) is 7.74. The number of morpholine rings is 1. The lowest BCUT2D eigenvalue weighted by Gasteiger charge is -2.32. The number of benzene rings is 1. The zero-order valence-corrected chi connectivity index (χ0v) is 17.9. The number of halogens is 4. The standard InChI is InChI=1S/C21H20F4N6O3/c1-12(14-8-26-19(27-9-14)21(23,24)25)28-20(33)31-10-16(30-6-7-34-11-17(30)32)18(29-31)13-2-4-15(22)5-3-13/h2-5,8-9,12,16H,6-7,10-11H2,1H3,(H,28,33)/t12-,16?/m1/s1. The van der Waals surface area contributed by atoms with Gasteiger partial charge in [-0.25, -0.2) is 24.2 Å². The molecule has 1 saturated heterocycles. The van der Waals surface area contributed by atoms with Crippen LogP contribution in [0.3, 0.4) is 0 Å². The lowest BCUT2D eigenvalue weighted by molar-refractivity contribution is -0.145. The molecule has 1 N–H and O–H groups in total. The summed E-state index contributed by atoms with van der Waals surface area (Å²) >= 11 is 0. The molecule has 2 atom stereocenters. The van der Waals surface area contributed by atoms with Gasteiger partial charge in [-0.1, -0.05) is 12.1 Å². The highest BCUT2D eigenvalue weighted by Crippen LogP contribution is 2.26. The first-order chi connectivity index (χ1) is 16.1. The molecular formula is C21H20F4N6O3. The maximum Gasteiger partial charge on any atom is 0.451 e. The van der Waals surface area contributed by atoms with Crippen molar-refractivity contribution in [3.05, 3.63) is 59.4 Å². The Balaban J connectivity index is 1.52. The third-order valence-electron chi connectivity index (χ3n) is 5.43. The summed E-state index contributed by atoms with van der Waals surface area (Å²) in [6.07, 6.45) is -2.68. The molecule has 0 aliphatic carbocycles. The quantitative estimate of drug-likeness (QED) is 0.678. The molecule has 1 aromatic carbocycles. The molecule has 34 heavy (non-hydrogen) atoms. The van der Waals surface area contributed by atoms with Crippen molar-refractivity contribution in [1.29, 1.82) is 0 Å². The fourth-order valence-electron chi connectivity index (χ4n) is 3.64. The Morgan fingerprint density at radius 3 is 2.50 bits per heavy atom. The molecule has 2 aliphatic rings. The van der Waals surface area contributed by atoms with Crippen molar-refractivity contribution in [3.63, 3.8) is 0 Å². The normalized spacial score (nSPS) is 19.7. The summed E-state index contributed by atoms with van der Waals surface area (Å²) in [4.78, 5) is 33.5. The van der Waals surface area contributed by atoms with Crippen LogP contribution >= 0.6 is 0 Å². The van der Waals surface area contributed by atoms with Crippen molar-refractivity contribution in [1.82, 2.24) is 25.2 Å². The van der Waals surface area contributed by atoms with Crippen LogP contribution in [-0.2, 0) is 15.7 Å². The summed E-state index contributed by atoms with van der Waals surface area (Å²) in [6, 6.07) is 3.61. The summed E-state index contributed by atoms with van der Waals surface area (Å²) in [6.45, 7) is 2.15. The largest absolute Gasteiger partial charge is 0.451 e. The molecule has 4 rings (SSSR count). The molecule has 1 unspecified atom stereocenters. The highest BCUT2D eigenvalue weighted by Gasteiger charge is 2.39. The first-order valence-corrected chi connectivity index (χ1v) is 10.3. The van der Waals surface area contributed by atoms with Gasteiger partial charge in [0.1, 0.15) is 12.4 Å². The molecule has 180 valence electrons. The Morgan fingerprint density at radius 2 is 1.88 bits per heavy atom. The number of aromatic nitrogens is 2. The van der Waals surface area contributed by atoms with Crippen LogP contribution in [0, 0.1) is 5.82 Å². The minimum atomic E-state index is -4.67. The highest BCUT2D eigenvalue weighted by molar-refractivity contribution is 6.08. The van der Waals surface area contributed by atoms with Gasteiger partial charge in [-0.15, -0.1) is 0 Å². The van der Waals surface area contributed by atoms with Crippen molar-refractivity contribution < 1.29 is 31.9 Å². The van der Waals surface area contributed by atoms with Gasteiger partial charge in [0.25, 0.3) is 0 Å². The van der Waals surface area contributed by atoms with Crippen LogP contribution in [0.5, 0.6) is 0 Å². The maximum absolute atomic E-state index is 13.4. The average molecular weight is 480 g/mol. The fourth-order valence-corrected chi connectivity index (χ4v) is 3.64. The Hall–Kier alpha value is -3.61. The number of hydrogen-bond acceptors (Lipinski definition) is 6. The predicted molar refractivity (Wildman–Crippen MR) is 110 cm³/mol. The predicted octanol–water partition coefficient (Wildman–Crippen LogP) is 2.35. The second-order valence-corrected chi connectivity index (χ2v) is 7.74. The second kappa shape index (κ2) is 9.33. The van der Waals surface area contributed by atoms with E-state index in [-0.39, 0.29) is 24.6 Å². The number of nitrogens with zero attached hydrogens (tertiary/aromatic N) is 5. The number of nitrogens with one attached hydrogen (secondary N) is 1. The number of hydrogen-bond donors (Lipinski definition) is 1. The van der Waals surface area contributed by atoms with Gasteiger partial charge in [0.05, 0.1) is 30.9 Å². The molecule has 0 saturated carbocycles. The zero-order chi connectivity index (χ0) is 24.5. The monoisotopic (exact) mass is 480 g/mol. The van der Waals surface area contributed by atoms with Gasteiger partial charge in [0, 0.05) is 30.1 Å². The number of carbonyl (C=O) groups excluding carboxylic acids is 2. The summed E-state index contributed by atoms with van der Waals surface area (Å²) < 4.78 is 56.6. The van der Waals surface area contributed by atoms with Gasteiger partial charge in [-0.3, -0.25) is 4.79 Å². The molecule has 2 aliphatic heterocycles. The van der Waals surface area contributed by atoms with Gasteiger partial charge in [0.2, 0.25) is 11.7 Å². The Bertz CT molecular complexity index is 1090. The molecule has 13 heteroatoms. The Morgan fingerprint density at radius 1 is 1.21 bits per heavy atom. The molecule has 1 aromatic heterocycles. The molecule has 0 bridgehead atoms. The van der Waals surface area contributed by atoms with Crippen LogP contribution in [-0.4, -0.2) is 69.9 Å². The van der Waals surface area contributed by atoms with Gasteiger partial charge in [-0.05, 0) is 19.1 Å². The number of hydrazone groups is 1. The van der Waals surface area contributed by atoms with E-state index >= 15 is 0 Å². The average Bonchev–Trinajstić information content (AvgIpc) is 3.25. The van der Waals surface area contributed by atoms with Gasteiger partial charge < -0.3 is 15.0 Å². The minimum absolute atomic E-state index is 0.0422. The Kier molecular flexibility index (Phi) is 6.46. The summed E-state index contributed by atoms with van der Waals surface area (Å²) in [7, 11) is 0. The number of urea groups is 1. The van der Waals surface area contributed by atoms with E-state index < -0.39 is 35.9 Å². The number of amides is 3. The third-order valence-corrected chi connectivity index (χ3v) is 5.43. The number of alkyl halides is 3. The van der Waals surface area contributed by atoms with Crippen molar-refractivity contribution >= 4 is 17.6 Å². The van der Waals surface area contributed by atoms with Gasteiger partial charge >= 0.3 is 12.2 Å². The molecule has 3 heterocycles. The van der Waals surface area contributed by atoms with Crippen LogP contribution in [0.25, 0.3) is 0 Å². The lowest BCUT2D eigenvalue weighted by atomic mass is 10.0. The van der Waals surface area contributed by atoms with E-state index in [0.29, 0.717) is 24.4 Å². The van der Waals surface area contributed by atoms with Crippen LogP contribution in [0.1, 0.15) is 29.9 Å². The maximum atomic E-state index is 13.4. The van der Waals surface area contributed by atoms with Crippen molar-refractivity contribution in [2.24, 2.45) is 5.10 Å². The van der Waals surface area contributed by atoms with Crippen LogP contribution < -0.4 is 5.32 Å². The molecule has 1 fully saturated rings. The van der Waals surface area contributed by atoms with Crippen molar-refractivity contribution in [2.45, 2.75) is 25.2 Å². The third kappa shape index (κ3) is 4.98. The fraction of sp³-hybridized carbons (Fsp3) is 0.381. The SMILES string of the molecule is C[C@@H](NC(=O)N1CC(N2CCOCC2=O)C(c2ccc(F)cc2)=N1)c1cnc(C(F)(F)F)nc1. The molecule has 0 spiro atoms. The first-order valence-electron chi connectivity index (χ1n) is 10.3. The topological polar surface area (TPSA) is 100 Å². The van der Waals surface area contributed by atoms with Crippen molar-refractivity contribution in [2.75, 3.05) is 26.3 Å². The van der Waals surface area contributed by atoms with E-state index in [1.165, 1.54) is 24.3 Å². The van der Waals surface area contributed by atoms with Crippen molar-refractivity contribution in [3.8, 4) is 0 Å². The van der Waals surface area contributed by atoms with E-state index in [4.69, 9.17) is 4.74 Å². The van der Waals surface area contributed by atoms with E-state index in [2.05, 4.69) is 20.4 Å². The van der Waals surface area contributed by atoms with Gasteiger partial charge in [0.15, 0.2) is 0 Å². The molecule has 0 radical (unpaired) electrons.